The molecule has 1 aliphatic heterocycles. The molecule has 0 radical (unpaired) electrons. The molecule has 1 fully saturated rings. The molecule has 8 heteroatoms. The highest BCUT2D eigenvalue weighted by molar-refractivity contribution is 7.99. The summed E-state index contributed by atoms with van der Waals surface area (Å²) in [7, 11) is -3.63. The molecule has 3 rings (SSSR count). The van der Waals surface area contributed by atoms with Crippen LogP contribution in [0, 0.1) is 11.6 Å². The highest BCUT2D eigenvalue weighted by atomic mass is 32.2. The Morgan fingerprint density at radius 2 is 1.96 bits per heavy atom. The van der Waals surface area contributed by atoms with E-state index in [9.17, 15) is 17.2 Å². The lowest BCUT2D eigenvalue weighted by Crippen LogP contribution is -2.34. The third-order valence-electron chi connectivity index (χ3n) is 3.83. The maximum Gasteiger partial charge on any atom is 0.218 e. The molecule has 0 N–H and O–H groups in total. The molecule has 0 amide bonds. The van der Waals surface area contributed by atoms with Gasteiger partial charge < -0.3 is 4.42 Å². The average molecular weight is 373 g/mol. The lowest BCUT2D eigenvalue weighted by atomic mass is 10.2. The highest BCUT2D eigenvalue weighted by Crippen LogP contribution is 2.35. The van der Waals surface area contributed by atoms with Gasteiger partial charge in [-0.05, 0) is 36.2 Å². The van der Waals surface area contributed by atoms with Gasteiger partial charge >= 0.3 is 0 Å². The van der Waals surface area contributed by atoms with Crippen molar-refractivity contribution in [3.8, 4) is 0 Å². The van der Waals surface area contributed by atoms with Crippen LogP contribution in [0.15, 0.2) is 41.0 Å². The minimum Gasteiger partial charge on any atom is -0.468 e. The van der Waals surface area contributed by atoms with E-state index in [1.165, 1.54) is 4.31 Å². The van der Waals surface area contributed by atoms with Crippen LogP contribution in [0.4, 0.5) is 8.78 Å². The number of benzene rings is 1. The van der Waals surface area contributed by atoms with E-state index in [4.69, 9.17) is 4.42 Å². The molecule has 0 saturated carbocycles. The van der Waals surface area contributed by atoms with Crippen LogP contribution in [-0.4, -0.2) is 31.6 Å². The summed E-state index contributed by atoms with van der Waals surface area (Å²) in [5.41, 5.74) is 0.118. The van der Waals surface area contributed by atoms with Gasteiger partial charge in [-0.3, -0.25) is 0 Å². The number of sulfonamides is 1. The minimum atomic E-state index is -3.63. The van der Waals surface area contributed by atoms with E-state index in [1.54, 1.807) is 18.0 Å². The van der Waals surface area contributed by atoms with Gasteiger partial charge in [0.1, 0.15) is 17.4 Å². The van der Waals surface area contributed by atoms with E-state index in [0.29, 0.717) is 25.3 Å². The number of hydrogen-bond acceptors (Lipinski definition) is 4. The standard InChI is InChI=1S/C16H17F2NO3S2/c17-13-8-12(9-14(18)10-13)11-24(20,21)19-4-3-16(23-7-5-19)15-2-1-6-22-15/h1-2,6,8-10,16H,3-5,7,11H2. The Morgan fingerprint density at radius 3 is 2.62 bits per heavy atom. The summed E-state index contributed by atoms with van der Waals surface area (Å²) in [4.78, 5) is 0. The summed E-state index contributed by atoms with van der Waals surface area (Å²) in [6.45, 7) is 0.737. The first-order chi connectivity index (χ1) is 11.4. The van der Waals surface area contributed by atoms with E-state index in [1.807, 2.05) is 12.1 Å². The number of furan rings is 1. The topological polar surface area (TPSA) is 50.5 Å². The van der Waals surface area contributed by atoms with E-state index < -0.39 is 27.4 Å². The molecule has 130 valence electrons. The monoisotopic (exact) mass is 373 g/mol. The second-order valence-electron chi connectivity index (χ2n) is 5.60. The second kappa shape index (κ2) is 7.25. The number of rotatable bonds is 4. The van der Waals surface area contributed by atoms with Gasteiger partial charge in [-0.1, -0.05) is 0 Å². The van der Waals surface area contributed by atoms with Gasteiger partial charge in [0.2, 0.25) is 10.0 Å². The third-order valence-corrected chi connectivity index (χ3v) is 6.96. The molecular weight excluding hydrogens is 356 g/mol. The average Bonchev–Trinajstić information content (AvgIpc) is 2.89. The first-order valence-corrected chi connectivity index (χ1v) is 10.2. The number of halogens is 2. The Morgan fingerprint density at radius 1 is 1.21 bits per heavy atom. The Labute approximate surface area is 143 Å². The molecular formula is C16H17F2NO3S2. The van der Waals surface area contributed by atoms with E-state index in [-0.39, 0.29) is 10.8 Å². The Hall–Kier alpha value is -1.38. The molecule has 2 aromatic rings. The summed E-state index contributed by atoms with van der Waals surface area (Å²) in [6, 6.07) is 6.54. The molecule has 24 heavy (non-hydrogen) atoms. The van der Waals surface area contributed by atoms with Crippen molar-refractivity contribution in [3.63, 3.8) is 0 Å². The lowest BCUT2D eigenvalue weighted by Gasteiger charge is -2.20. The fourth-order valence-electron chi connectivity index (χ4n) is 2.73. The summed E-state index contributed by atoms with van der Waals surface area (Å²) in [6.07, 6.45) is 2.24. The first-order valence-electron chi connectivity index (χ1n) is 7.52. The third kappa shape index (κ3) is 4.17. The quantitative estimate of drug-likeness (QED) is 0.822. The van der Waals surface area contributed by atoms with Gasteiger partial charge in [-0.25, -0.2) is 21.5 Å². The largest absolute Gasteiger partial charge is 0.468 e. The van der Waals surface area contributed by atoms with Gasteiger partial charge in [0.05, 0.1) is 17.3 Å². The molecule has 4 nitrogen and oxygen atoms in total. The smallest absolute Gasteiger partial charge is 0.218 e. The van der Waals surface area contributed by atoms with E-state index in [2.05, 4.69) is 0 Å². The van der Waals surface area contributed by atoms with Crippen molar-refractivity contribution >= 4 is 21.8 Å². The molecule has 0 aliphatic carbocycles. The fourth-order valence-corrected chi connectivity index (χ4v) is 5.55. The molecule has 2 heterocycles. The first kappa shape index (κ1) is 17.4. The maximum absolute atomic E-state index is 13.3. The molecule has 1 aliphatic rings. The molecule has 1 saturated heterocycles. The Balaban J connectivity index is 1.70. The lowest BCUT2D eigenvalue weighted by molar-refractivity contribution is 0.416. The van der Waals surface area contributed by atoms with Crippen LogP contribution >= 0.6 is 11.8 Å². The molecule has 1 unspecified atom stereocenters. The van der Waals surface area contributed by atoms with Crippen molar-refractivity contribution in [1.29, 1.82) is 0 Å². The van der Waals surface area contributed by atoms with Crippen molar-refractivity contribution < 1.29 is 21.6 Å². The Bertz CT molecular complexity index is 773. The molecule has 1 atom stereocenters. The van der Waals surface area contributed by atoms with Crippen molar-refractivity contribution in [3.05, 3.63) is 59.6 Å². The zero-order chi connectivity index (χ0) is 17.2. The number of nitrogens with zero attached hydrogens (tertiary/aromatic N) is 1. The summed E-state index contributed by atoms with van der Waals surface area (Å²) in [5, 5.41) is 0.117. The van der Waals surface area contributed by atoms with Gasteiger partial charge in [-0.15, -0.1) is 11.8 Å². The van der Waals surface area contributed by atoms with Gasteiger partial charge in [0, 0.05) is 24.9 Å². The SMILES string of the molecule is O=S(=O)(Cc1cc(F)cc(F)c1)N1CCSC(c2ccco2)CC1. The Kier molecular flexibility index (Phi) is 5.27. The van der Waals surface area contributed by atoms with Crippen LogP contribution in [0.2, 0.25) is 0 Å². The molecule has 1 aromatic heterocycles. The number of hydrogen-bond donors (Lipinski definition) is 0. The summed E-state index contributed by atoms with van der Waals surface area (Å²) < 4.78 is 58.5. The number of thioether (sulfide) groups is 1. The van der Waals surface area contributed by atoms with Gasteiger partial charge in [0.25, 0.3) is 0 Å². The fraction of sp³-hybridized carbons (Fsp3) is 0.375. The zero-order valence-electron chi connectivity index (χ0n) is 12.8. The van der Waals surface area contributed by atoms with Crippen LogP contribution in [-0.2, 0) is 15.8 Å². The van der Waals surface area contributed by atoms with Crippen LogP contribution < -0.4 is 0 Å². The van der Waals surface area contributed by atoms with Crippen LogP contribution in [0.3, 0.4) is 0 Å². The van der Waals surface area contributed by atoms with Crippen LogP contribution in [0.25, 0.3) is 0 Å². The van der Waals surface area contributed by atoms with Crippen LogP contribution in [0.5, 0.6) is 0 Å². The predicted octanol–water partition coefficient (Wildman–Crippen LogP) is 3.57. The van der Waals surface area contributed by atoms with Crippen molar-refractivity contribution in [2.75, 3.05) is 18.8 Å². The zero-order valence-corrected chi connectivity index (χ0v) is 14.5. The maximum atomic E-state index is 13.3. The van der Waals surface area contributed by atoms with E-state index in [0.717, 1.165) is 24.0 Å². The summed E-state index contributed by atoms with van der Waals surface area (Å²) >= 11 is 1.65. The van der Waals surface area contributed by atoms with Crippen molar-refractivity contribution in [2.45, 2.75) is 17.4 Å². The second-order valence-corrected chi connectivity index (χ2v) is 8.88. The highest BCUT2D eigenvalue weighted by Gasteiger charge is 2.28. The van der Waals surface area contributed by atoms with Crippen LogP contribution in [0.1, 0.15) is 23.0 Å². The van der Waals surface area contributed by atoms with E-state index >= 15 is 0 Å². The summed E-state index contributed by atoms with van der Waals surface area (Å²) in [5.74, 6) is -0.472. The van der Waals surface area contributed by atoms with Crippen molar-refractivity contribution in [1.82, 2.24) is 4.31 Å². The normalized spacial score (nSPS) is 20.0. The molecule has 1 aromatic carbocycles. The minimum absolute atomic E-state index is 0.117. The van der Waals surface area contributed by atoms with Crippen molar-refractivity contribution in [2.24, 2.45) is 0 Å². The predicted molar refractivity (Wildman–Crippen MR) is 89.1 cm³/mol. The molecule has 0 bridgehead atoms. The van der Waals surface area contributed by atoms with Gasteiger partial charge in [-0.2, -0.15) is 0 Å². The van der Waals surface area contributed by atoms with Gasteiger partial charge in [0.15, 0.2) is 0 Å². The molecule has 0 spiro atoms.